The molecule has 1 amide bonds. The fourth-order valence-corrected chi connectivity index (χ4v) is 1.94. The molecular weight excluding hydrogens is 218 g/mol. The van der Waals surface area contributed by atoms with Crippen molar-refractivity contribution in [3.63, 3.8) is 0 Å². The summed E-state index contributed by atoms with van der Waals surface area (Å²) in [7, 11) is 0. The number of hydrogen-bond donors (Lipinski definition) is 2. The summed E-state index contributed by atoms with van der Waals surface area (Å²) in [6.45, 7) is 1.71. The van der Waals surface area contributed by atoms with Crippen molar-refractivity contribution in [1.82, 2.24) is 4.65 Å². The van der Waals surface area contributed by atoms with E-state index in [1.165, 1.54) is 0 Å². The van der Waals surface area contributed by atoms with Crippen molar-refractivity contribution >= 4 is 22.6 Å². The quantitative estimate of drug-likeness (QED) is 0.474. The third-order valence-electron chi connectivity index (χ3n) is 2.94. The van der Waals surface area contributed by atoms with E-state index < -0.39 is 10.7 Å². The number of carboxylic acid groups (broad SMARTS) is 1. The molecule has 17 heavy (non-hydrogen) atoms. The number of carbonyl (C=O) groups is 1. The van der Waals surface area contributed by atoms with Crippen LogP contribution >= 0.6 is 0 Å². The van der Waals surface area contributed by atoms with Crippen molar-refractivity contribution in [2.75, 3.05) is 6.54 Å². The van der Waals surface area contributed by atoms with Crippen LogP contribution in [0.4, 0.5) is 10.5 Å². The topological polar surface area (TPSA) is 57.5 Å². The Bertz CT molecular complexity index is 562. The van der Waals surface area contributed by atoms with Crippen LogP contribution in [0.2, 0.25) is 0 Å². The minimum absolute atomic E-state index is 0.0728. The third-order valence-corrected chi connectivity index (χ3v) is 2.94. The highest BCUT2D eigenvalue weighted by Gasteiger charge is 2.38. The Morgan fingerprint density at radius 3 is 2.47 bits per heavy atom. The van der Waals surface area contributed by atoms with Gasteiger partial charge in [0.2, 0.25) is 0 Å². The number of fused-ring (bicyclic) bond motifs is 1. The second kappa shape index (κ2) is 4.16. The Morgan fingerprint density at radius 2 is 1.82 bits per heavy atom. The maximum absolute atomic E-state index is 11.2. The molecule has 4 nitrogen and oxygen atoms in total. The van der Waals surface area contributed by atoms with Gasteiger partial charge < -0.3 is 5.11 Å². The van der Waals surface area contributed by atoms with Gasteiger partial charge in [0.25, 0.3) is 0 Å². The number of rotatable bonds is 2. The average molecular weight is 232 g/mol. The van der Waals surface area contributed by atoms with Crippen molar-refractivity contribution in [2.24, 2.45) is 0 Å². The number of hydroxylamine groups is 2. The van der Waals surface area contributed by atoms with E-state index in [4.69, 9.17) is 5.11 Å². The summed E-state index contributed by atoms with van der Waals surface area (Å²) in [5.74, 6) is 0. The van der Waals surface area contributed by atoms with E-state index in [2.05, 4.69) is 0 Å². The first-order valence-electron chi connectivity index (χ1n) is 5.42. The molecule has 0 saturated heterocycles. The second-order valence-corrected chi connectivity index (χ2v) is 3.87. The van der Waals surface area contributed by atoms with Crippen LogP contribution in [0.3, 0.4) is 0 Å². The summed E-state index contributed by atoms with van der Waals surface area (Å²) in [5.41, 5.74) is 0.387. The monoisotopic (exact) mass is 232 g/mol. The summed E-state index contributed by atoms with van der Waals surface area (Å²) in [6, 6.07) is 12.7. The SMILES string of the molecule is CC[N+](O)(C(=O)O)c1cccc2ccccc12. The molecule has 0 bridgehead atoms. The number of hydrogen-bond acceptors (Lipinski definition) is 2. The lowest BCUT2D eigenvalue weighted by molar-refractivity contribution is -0.0503. The lowest BCUT2D eigenvalue weighted by Gasteiger charge is -2.22. The van der Waals surface area contributed by atoms with Crippen LogP contribution in [0.25, 0.3) is 10.8 Å². The maximum Gasteiger partial charge on any atom is 0.552 e. The van der Waals surface area contributed by atoms with E-state index in [-0.39, 0.29) is 6.54 Å². The fraction of sp³-hybridized carbons (Fsp3) is 0.154. The van der Waals surface area contributed by atoms with Crippen LogP contribution in [0, 0.1) is 0 Å². The number of amides is 1. The first-order valence-corrected chi connectivity index (χ1v) is 5.42. The zero-order chi connectivity index (χ0) is 12.5. The first-order chi connectivity index (χ1) is 8.09. The average Bonchev–Trinajstić information content (AvgIpc) is 2.37. The summed E-state index contributed by atoms with van der Waals surface area (Å²) in [6.07, 6.45) is -1.27. The zero-order valence-corrected chi connectivity index (χ0v) is 9.50. The van der Waals surface area contributed by atoms with Crippen LogP contribution in [-0.2, 0) is 0 Å². The van der Waals surface area contributed by atoms with Gasteiger partial charge in [-0.3, -0.25) is 0 Å². The van der Waals surface area contributed by atoms with Gasteiger partial charge in [0.1, 0.15) is 6.54 Å². The van der Waals surface area contributed by atoms with Crippen molar-refractivity contribution in [3.05, 3.63) is 42.5 Å². The molecule has 0 aliphatic carbocycles. The Balaban J connectivity index is 2.74. The predicted molar refractivity (Wildman–Crippen MR) is 66.1 cm³/mol. The predicted octanol–water partition coefficient (Wildman–Crippen LogP) is 3.23. The van der Waals surface area contributed by atoms with Crippen LogP contribution in [0.15, 0.2) is 42.5 Å². The molecule has 0 radical (unpaired) electrons. The molecule has 4 heteroatoms. The van der Waals surface area contributed by atoms with Crippen LogP contribution in [0.1, 0.15) is 6.92 Å². The largest absolute Gasteiger partial charge is 0.552 e. The molecule has 0 aliphatic heterocycles. The van der Waals surface area contributed by atoms with Gasteiger partial charge in [0, 0.05) is 11.5 Å². The summed E-state index contributed by atoms with van der Waals surface area (Å²) >= 11 is 0. The van der Waals surface area contributed by atoms with Gasteiger partial charge in [-0.1, -0.05) is 35.0 Å². The second-order valence-electron chi connectivity index (χ2n) is 3.87. The molecule has 2 N–H and O–H groups in total. The number of benzene rings is 2. The van der Waals surface area contributed by atoms with Crippen molar-refractivity contribution < 1.29 is 15.1 Å². The van der Waals surface area contributed by atoms with E-state index >= 15 is 0 Å². The molecule has 0 spiro atoms. The summed E-state index contributed by atoms with van der Waals surface area (Å²) < 4.78 is -1.10. The van der Waals surface area contributed by atoms with Gasteiger partial charge in [-0.2, -0.15) is 4.79 Å². The highest BCUT2D eigenvalue weighted by atomic mass is 16.6. The van der Waals surface area contributed by atoms with Crippen molar-refractivity contribution in [1.29, 1.82) is 0 Å². The Hall–Kier alpha value is -1.91. The highest BCUT2D eigenvalue weighted by Crippen LogP contribution is 2.30. The van der Waals surface area contributed by atoms with E-state index in [1.807, 2.05) is 30.3 Å². The minimum atomic E-state index is -1.27. The first kappa shape index (κ1) is 11.6. The molecule has 1 unspecified atom stereocenters. The normalized spacial score (nSPS) is 14.5. The molecule has 0 heterocycles. The van der Waals surface area contributed by atoms with Crippen LogP contribution in [0.5, 0.6) is 0 Å². The van der Waals surface area contributed by atoms with Gasteiger partial charge in [-0.15, -0.1) is 0 Å². The molecule has 2 aromatic carbocycles. The molecule has 2 rings (SSSR count). The van der Waals surface area contributed by atoms with Gasteiger partial charge in [0.05, 0.1) is 0 Å². The molecule has 88 valence electrons. The molecule has 2 aromatic rings. The summed E-state index contributed by atoms with van der Waals surface area (Å²) in [5, 5.41) is 21.0. The van der Waals surface area contributed by atoms with Gasteiger partial charge in [-0.25, -0.2) is 5.21 Å². The van der Waals surface area contributed by atoms with Crippen molar-refractivity contribution in [2.45, 2.75) is 6.92 Å². The van der Waals surface area contributed by atoms with Crippen LogP contribution in [-0.4, -0.2) is 23.0 Å². The Kier molecular flexibility index (Phi) is 2.83. The van der Waals surface area contributed by atoms with Crippen LogP contribution < -0.4 is 4.65 Å². The van der Waals surface area contributed by atoms with Gasteiger partial charge in [0.15, 0.2) is 5.69 Å². The van der Waals surface area contributed by atoms with E-state index in [0.717, 1.165) is 10.8 Å². The Morgan fingerprint density at radius 1 is 1.18 bits per heavy atom. The third kappa shape index (κ3) is 1.77. The smallest absolute Gasteiger partial charge is 0.433 e. The minimum Gasteiger partial charge on any atom is -0.433 e. The van der Waals surface area contributed by atoms with Gasteiger partial charge in [-0.05, 0) is 18.4 Å². The molecule has 0 aliphatic rings. The van der Waals surface area contributed by atoms with Crippen molar-refractivity contribution in [3.8, 4) is 0 Å². The highest BCUT2D eigenvalue weighted by molar-refractivity contribution is 5.97. The zero-order valence-electron chi connectivity index (χ0n) is 9.50. The van der Waals surface area contributed by atoms with Gasteiger partial charge >= 0.3 is 6.09 Å². The maximum atomic E-state index is 11.2. The van der Waals surface area contributed by atoms with E-state index in [0.29, 0.717) is 5.69 Å². The van der Waals surface area contributed by atoms with E-state index in [1.54, 1.807) is 19.1 Å². The number of quaternary nitrogens is 1. The molecule has 0 saturated carbocycles. The lowest BCUT2D eigenvalue weighted by Crippen LogP contribution is -2.50. The lowest BCUT2D eigenvalue weighted by atomic mass is 10.1. The number of nitrogens with zero attached hydrogens (tertiary/aromatic N) is 1. The summed E-state index contributed by atoms with van der Waals surface area (Å²) in [4.78, 5) is 11.2. The fourth-order valence-electron chi connectivity index (χ4n) is 1.94. The standard InChI is InChI=1S/C13H13NO3/c1-2-14(17,13(15)16)12-9-5-7-10-6-3-4-8-11(10)12/h3-9,17H,2H2,1H3/p+1. The van der Waals surface area contributed by atoms with E-state index in [9.17, 15) is 10.0 Å². The molecular formula is C13H14NO3+. The molecule has 0 aromatic heterocycles. The molecule has 0 fully saturated rings. The Labute approximate surface area is 98.9 Å². The molecule has 1 atom stereocenters.